The number of ether oxygens (including phenoxy) is 1. The Hall–Kier alpha value is -2.47. The number of pyridine rings is 1. The highest BCUT2D eigenvalue weighted by Gasteiger charge is 2.22. The van der Waals surface area contributed by atoms with Gasteiger partial charge in [-0.2, -0.15) is 5.10 Å². The average molecular weight is 283 g/mol. The van der Waals surface area contributed by atoms with Gasteiger partial charge in [-0.3, -0.25) is 9.97 Å². The fraction of sp³-hybridized carbons (Fsp3) is 0.267. The van der Waals surface area contributed by atoms with Crippen LogP contribution in [0.5, 0.6) is 5.75 Å². The average Bonchev–Trinajstić information content (AvgIpc) is 2.96. The zero-order valence-electron chi connectivity index (χ0n) is 12.0. The third kappa shape index (κ3) is 2.45. The molecule has 3 aromatic rings. The summed E-state index contributed by atoms with van der Waals surface area (Å²) in [5, 5.41) is 7.82. The van der Waals surface area contributed by atoms with E-state index in [0.717, 1.165) is 29.1 Å². The molecule has 0 aromatic carbocycles. The number of methoxy groups -OCH3 is 1. The van der Waals surface area contributed by atoms with Crippen LogP contribution in [0.4, 0.5) is 0 Å². The van der Waals surface area contributed by atoms with Crippen LogP contribution in [0.15, 0.2) is 43.1 Å². The zero-order chi connectivity index (χ0) is 14.7. The van der Waals surface area contributed by atoms with Crippen molar-refractivity contribution in [1.29, 1.82) is 0 Å². The van der Waals surface area contributed by atoms with Gasteiger partial charge in [0.05, 0.1) is 31.1 Å². The van der Waals surface area contributed by atoms with E-state index in [2.05, 4.69) is 27.3 Å². The number of rotatable bonds is 5. The van der Waals surface area contributed by atoms with E-state index in [0.29, 0.717) is 0 Å². The maximum atomic E-state index is 5.44. The summed E-state index contributed by atoms with van der Waals surface area (Å²) in [4.78, 5) is 8.67. The number of nitrogens with zero attached hydrogens (tertiary/aromatic N) is 4. The summed E-state index contributed by atoms with van der Waals surface area (Å²) in [6.45, 7) is 2.87. The Morgan fingerprint density at radius 1 is 1.33 bits per heavy atom. The van der Waals surface area contributed by atoms with Crippen LogP contribution in [0.25, 0.3) is 5.52 Å². The number of nitrogens with one attached hydrogen (secondary N) is 1. The van der Waals surface area contributed by atoms with Gasteiger partial charge in [0, 0.05) is 24.2 Å². The van der Waals surface area contributed by atoms with Crippen LogP contribution in [-0.2, 0) is 0 Å². The molecule has 0 fully saturated rings. The molecule has 0 spiro atoms. The van der Waals surface area contributed by atoms with Crippen molar-refractivity contribution in [2.45, 2.75) is 13.0 Å². The maximum Gasteiger partial charge on any atom is 0.142 e. The summed E-state index contributed by atoms with van der Waals surface area (Å²) in [7, 11) is 1.65. The van der Waals surface area contributed by atoms with Gasteiger partial charge in [0.1, 0.15) is 11.4 Å². The predicted molar refractivity (Wildman–Crippen MR) is 79.3 cm³/mol. The molecule has 1 unspecified atom stereocenters. The smallest absolute Gasteiger partial charge is 0.142 e. The molecular formula is C15H17N5O. The Bertz CT molecular complexity index is 740. The van der Waals surface area contributed by atoms with Crippen LogP contribution in [-0.4, -0.2) is 33.2 Å². The molecule has 0 bridgehead atoms. The third-order valence-corrected chi connectivity index (χ3v) is 3.37. The quantitative estimate of drug-likeness (QED) is 0.774. The molecule has 0 saturated heterocycles. The van der Waals surface area contributed by atoms with Gasteiger partial charge < -0.3 is 10.1 Å². The van der Waals surface area contributed by atoms with Gasteiger partial charge in [-0.25, -0.2) is 4.52 Å². The molecule has 0 radical (unpaired) electrons. The molecule has 3 rings (SSSR count). The Morgan fingerprint density at radius 3 is 3.05 bits per heavy atom. The van der Waals surface area contributed by atoms with Crippen molar-refractivity contribution in [3.05, 3.63) is 54.4 Å². The van der Waals surface area contributed by atoms with Crippen LogP contribution in [0.1, 0.15) is 24.2 Å². The molecule has 6 heteroatoms. The summed E-state index contributed by atoms with van der Waals surface area (Å²) in [5.41, 5.74) is 2.83. The first-order valence-corrected chi connectivity index (χ1v) is 6.84. The lowest BCUT2D eigenvalue weighted by Gasteiger charge is -2.18. The number of hydrogen-bond acceptors (Lipinski definition) is 5. The molecule has 21 heavy (non-hydrogen) atoms. The SMILES string of the molecule is CCNC(c1ncccc1OC)c1cnn2ccncc12. The second kappa shape index (κ2) is 5.88. The van der Waals surface area contributed by atoms with Gasteiger partial charge >= 0.3 is 0 Å². The van der Waals surface area contributed by atoms with E-state index in [1.807, 2.05) is 35.2 Å². The molecule has 0 aliphatic rings. The maximum absolute atomic E-state index is 5.44. The fourth-order valence-electron chi connectivity index (χ4n) is 2.43. The van der Waals surface area contributed by atoms with Gasteiger partial charge in [-0.15, -0.1) is 0 Å². The lowest BCUT2D eigenvalue weighted by Crippen LogP contribution is -2.23. The van der Waals surface area contributed by atoms with E-state index in [-0.39, 0.29) is 6.04 Å². The number of aromatic nitrogens is 4. The van der Waals surface area contributed by atoms with Crippen LogP contribution in [0.3, 0.4) is 0 Å². The molecular weight excluding hydrogens is 266 g/mol. The number of hydrogen-bond donors (Lipinski definition) is 1. The van der Waals surface area contributed by atoms with Crippen molar-refractivity contribution in [2.75, 3.05) is 13.7 Å². The summed E-state index contributed by atoms with van der Waals surface area (Å²) in [5.74, 6) is 0.756. The predicted octanol–water partition coefficient (Wildman–Crippen LogP) is 1.83. The number of fused-ring (bicyclic) bond motifs is 1. The molecule has 1 N–H and O–H groups in total. The van der Waals surface area contributed by atoms with Crippen LogP contribution in [0, 0.1) is 0 Å². The van der Waals surface area contributed by atoms with Crippen molar-refractivity contribution in [3.8, 4) is 5.75 Å². The van der Waals surface area contributed by atoms with E-state index in [9.17, 15) is 0 Å². The lowest BCUT2D eigenvalue weighted by molar-refractivity contribution is 0.400. The van der Waals surface area contributed by atoms with Gasteiger partial charge in [0.15, 0.2) is 0 Å². The molecule has 6 nitrogen and oxygen atoms in total. The Labute approximate surface area is 122 Å². The van der Waals surface area contributed by atoms with Gasteiger partial charge in [0.2, 0.25) is 0 Å². The molecule has 0 saturated carbocycles. The molecule has 0 aliphatic heterocycles. The van der Waals surface area contributed by atoms with Crippen molar-refractivity contribution >= 4 is 5.52 Å². The van der Waals surface area contributed by atoms with Crippen molar-refractivity contribution < 1.29 is 4.74 Å². The van der Waals surface area contributed by atoms with E-state index < -0.39 is 0 Å². The standard InChI is InChI=1S/C15H17N5O/c1-3-17-14(15-13(21-2)5-4-6-18-15)11-9-19-20-8-7-16-10-12(11)20/h4-10,14,17H,3H2,1-2H3. The van der Waals surface area contributed by atoms with Crippen molar-refractivity contribution in [2.24, 2.45) is 0 Å². The highest BCUT2D eigenvalue weighted by atomic mass is 16.5. The fourth-order valence-corrected chi connectivity index (χ4v) is 2.43. The molecule has 0 amide bonds. The minimum Gasteiger partial charge on any atom is -0.495 e. The highest BCUT2D eigenvalue weighted by Crippen LogP contribution is 2.29. The lowest BCUT2D eigenvalue weighted by atomic mass is 10.0. The first-order chi connectivity index (χ1) is 10.3. The van der Waals surface area contributed by atoms with E-state index in [1.54, 1.807) is 19.5 Å². The van der Waals surface area contributed by atoms with Crippen molar-refractivity contribution in [3.63, 3.8) is 0 Å². The first-order valence-electron chi connectivity index (χ1n) is 6.84. The molecule has 3 heterocycles. The molecule has 108 valence electrons. The summed E-state index contributed by atoms with van der Waals surface area (Å²) < 4.78 is 7.25. The molecule has 3 aromatic heterocycles. The molecule has 1 atom stereocenters. The van der Waals surface area contributed by atoms with E-state index in [4.69, 9.17) is 4.74 Å². The van der Waals surface area contributed by atoms with Gasteiger partial charge in [-0.05, 0) is 18.7 Å². The summed E-state index contributed by atoms with van der Waals surface area (Å²) in [6, 6.07) is 3.69. The van der Waals surface area contributed by atoms with Crippen LogP contribution >= 0.6 is 0 Å². The van der Waals surface area contributed by atoms with Crippen LogP contribution < -0.4 is 10.1 Å². The minimum atomic E-state index is -0.0900. The molecule has 0 aliphatic carbocycles. The minimum absolute atomic E-state index is 0.0900. The largest absolute Gasteiger partial charge is 0.495 e. The van der Waals surface area contributed by atoms with Crippen molar-refractivity contribution in [1.82, 2.24) is 24.9 Å². The van der Waals surface area contributed by atoms with Crippen LogP contribution in [0.2, 0.25) is 0 Å². The monoisotopic (exact) mass is 283 g/mol. The highest BCUT2D eigenvalue weighted by molar-refractivity contribution is 5.56. The first kappa shape index (κ1) is 13.5. The Morgan fingerprint density at radius 2 is 2.24 bits per heavy atom. The Kier molecular flexibility index (Phi) is 3.79. The normalized spacial score (nSPS) is 12.5. The third-order valence-electron chi connectivity index (χ3n) is 3.37. The van der Waals surface area contributed by atoms with Gasteiger partial charge in [-0.1, -0.05) is 6.92 Å². The topological polar surface area (TPSA) is 64.3 Å². The van der Waals surface area contributed by atoms with E-state index >= 15 is 0 Å². The zero-order valence-corrected chi connectivity index (χ0v) is 12.0. The Balaban J connectivity index is 2.13. The second-order valence-electron chi connectivity index (χ2n) is 4.59. The van der Waals surface area contributed by atoms with Gasteiger partial charge in [0.25, 0.3) is 0 Å². The summed E-state index contributed by atoms with van der Waals surface area (Å²) >= 11 is 0. The second-order valence-corrected chi connectivity index (χ2v) is 4.59. The summed E-state index contributed by atoms with van der Waals surface area (Å²) in [6.07, 6.45) is 8.97. The van der Waals surface area contributed by atoms with E-state index in [1.165, 1.54) is 0 Å².